The van der Waals surface area contributed by atoms with Crippen LogP contribution in [0.15, 0.2) is 0 Å². The normalized spacial score (nSPS) is 34.5. The largest absolute Gasteiger partial charge is 0.396 e. The second kappa shape index (κ2) is 4.17. The molecule has 0 atom stereocenters. The number of rotatable bonds is 3. The van der Waals surface area contributed by atoms with Gasteiger partial charge in [0.15, 0.2) is 5.79 Å². The molecule has 0 saturated carbocycles. The summed E-state index contributed by atoms with van der Waals surface area (Å²) in [5, 5.41) is 9.27. The first-order valence-electron chi connectivity index (χ1n) is 5.34. The SMILES string of the molecule is CCC1COC(C)(C(C)(C)CO)OC1. The highest BCUT2D eigenvalue weighted by molar-refractivity contribution is 4.86. The van der Waals surface area contributed by atoms with Crippen LogP contribution >= 0.6 is 0 Å². The third-order valence-electron chi connectivity index (χ3n) is 3.39. The second-order valence-electron chi connectivity index (χ2n) is 4.88. The number of ether oxygens (including phenoxy) is 2. The summed E-state index contributed by atoms with van der Waals surface area (Å²) in [5.74, 6) is -0.148. The van der Waals surface area contributed by atoms with E-state index in [9.17, 15) is 5.11 Å². The second-order valence-corrected chi connectivity index (χ2v) is 4.88. The van der Waals surface area contributed by atoms with Crippen LogP contribution in [0.25, 0.3) is 0 Å². The lowest BCUT2D eigenvalue weighted by atomic mass is 9.84. The van der Waals surface area contributed by atoms with E-state index in [2.05, 4.69) is 6.92 Å². The van der Waals surface area contributed by atoms with Gasteiger partial charge in [-0.15, -0.1) is 0 Å². The number of aliphatic hydroxyl groups excluding tert-OH is 1. The van der Waals surface area contributed by atoms with Crippen molar-refractivity contribution in [2.24, 2.45) is 11.3 Å². The molecule has 0 spiro atoms. The highest BCUT2D eigenvalue weighted by atomic mass is 16.7. The Morgan fingerprint density at radius 3 is 2.21 bits per heavy atom. The molecule has 84 valence electrons. The maximum absolute atomic E-state index is 9.27. The van der Waals surface area contributed by atoms with E-state index < -0.39 is 5.79 Å². The Morgan fingerprint density at radius 1 is 1.36 bits per heavy atom. The Labute approximate surface area is 86.4 Å². The molecule has 3 nitrogen and oxygen atoms in total. The average Bonchev–Trinajstić information content (AvgIpc) is 2.19. The minimum Gasteiger partial charge on any atom is -0.396 e. The zero-order valence-electron chi connectivity index (χ0n) is 9.67. The minimum atomic E-state index is -0.645. The molecule has 1 rings (SSSR count). The molecule has 0 bridgehead atoms. The van der Waals surface area contributed by atoms with Crippen molar-refractivity contribution in [2.75, 3.05) is 19.8 Å². The first-order chi connectivity index (χ1) is 6.45. The van der Waals surface area contributed by atoms with Crippen molar-refractivity contribution in [3.8, 4) is 0 Å². The Hall–Kier alpha value is -0.120. The number of hydrogen-bond donors (Lipinski definition) is 1. The molecule has 0 aliphatic carbocycles. The fourth-order valence-corrected chi connectivity index (χ4v) is 1.41. The minimum absolute atomic E-state index is 0.0697. The van der Waals surface area contributed by atoms with Crippen LogP contribution in [0.3, 0.4) is 0 Å². The van der Waals surface area contributed by atoms with Crippen LogP contribution in [0.2, 0.25) is 0 Å². The van der Waals surface area contributed by atoms with Crippen molar-refractivity contribution in [1.29, 1.82) is 0 Å². The highest BCUT2D eigenvalue weighted by Crippen LogP contribution is 2.38. The van der Waals surface area contributed by atoms with E-state index in [1.54, 1.807) is 0 Å². The third-order valence-corrected chi connectivity index (χ3v) is 3.39. The standard InChI is InChI=1S/C11H22O3/c1-5-9-6-13-11(4,14-7-9)10(2,3)8-12/h9,12H,5-8H2,1-4H3. The molecular weight excluding hydrogens is 180 g/mol. The predicted octanol–water partition coefficient (Wildman–Crippen LogP) is 1.79. The topological polar surface area (TPSA) is 38.7 Å². The van der Waals surface area contributed by atoms with Crippen molar-refractivity contribution < 1.29 is 14.6 Å². The summed E-state index contributed by atoms with van der Waals surface area (Å²) >= 11 is 0. The third kappa shape index (κ3) is 2.10. The van der Waals surface area contributed by atoms with E-state index in [4.69, 9.17) is 9.47 Å². The predicted molar refractivity (Wildman–Crippen MR) is 55.0 cm³/mol. The van der Waals surface area contributed by atoms with Gasteiger partial charge in [0.2, 0.25) is 0 Å². The van der Waals surface area contributed by atoms with Crippen LogP contribution in [0.5, 0.6) is 0 Å². The van der Waals surface area contributed by atoms with Gasteiger partial charge in [0.25, 0.3) is 0 Å². The Bertz CT molecular complexity index is 181. The molecule has 0 aromatic rings. The van der Waals surface area contributed by atoms with Crippen LogP contribution in [-0.2, 0) is 9.47 Å². The lowest BCUT2D eigenvalue weighted by molar-refractivity contribution is -0.325. The Balaban J connectivity index is 2.61. The summed E-state index contributed by atoms with van der Waals surface area (Å²) < 4.78 is 11.5. The maximum Gasteiger partial charge on any atom is 0.172 e. The molecule has 1 heterocycles. The summed E-state index contributed by atoms with van der Waals surface area (Å²) in [6.07, 6.45) is 1.08. The van der Waals surface area contributed by atoms with Crippen molar-refractivity contribution in [3.05, 3.63) is 0 Å². The zero-order valence-corrected chi connectivity index (χ0v) is 9.67. The molecule has 14 heavy (non-hydrogen) atoms. The molecule has 0 aromatic carbocycles. The van der Waals surface area contributed by atoms with Crippen LogP contribution in [0.4, 0.5) is 0 Å². The van der Waals surface area contributed by atoms with E-state index in [0.29, 0.717) is 5.92 Å². The van der Waals surface area contributed by atoms with Gasteiger partial charge in [-0.2, -0.15) is 0 Å². The molecule has 3 heteroatoms. The van der Waals surface area contributed by atoms with Crippen LogP contribution in [-0.4, -0.2) is 30.7 Å². The number of aliphatic hydroxyl groups is 1. The van der Waals surface area contributed by atoms with Gasteiger partial charge in [0, 0.05) is 11.3 Å². The van der Waals surface area contributed by atoms with Gasteiger partial charge in [-0.1, -0.05) is 20.8 Å². The van der Waals surface area contributed by atoms with Crippen molar-refractivity contribution in [1.82, 2.24) is 0 Å². The highest BCUT2D eigenvalue weighted by Gasteiger charge is 2.45. The molecular formula is C11H22O3. The van der Waals surface area contributed by atoms with E-state index in [1.165, 1.54) is 0 Å². The summed E-state index contributed by atoms with van der Waals surface area (Å²) in [7, 11) is 0. The Kier molecular flexibility index (Phi) is 3.56. The van der Waals surface area contributed by atoms with Gasteiger partial charge in [-0.3, -0.25) is 0 Å². The summed E-state index contributed by atoms with van der Waals surface area (Å²) in [6.45, 7) is 9.50. The molecule has 1 aliphatic rings. The molecule has 1 fully saturated rings. The van der Waals surface area contributed by atoms with Gasteiger partial charge in [0.1, 0.15) is 0 Å². The first-order valence-corrected chi connectivity index (χ1v) is 5.34. The average molecular weight is 202 g/mol. The molecule has 1 aliphatic heterocycles. The van der Waals surface area contributed by atoms with Gasteiger partial charge in [-0.25, -0.2) is 0 Å². The van der Waals surface area contributed by atoms with Crippen molar-refractivity contribution >= 4 is 0 Å². The Morgan fingerprint density at radius 2 is 1.86 bits per heavy atom. The quantitative estimate of drug-likeness (QED) is 0.758. The van der Waals surface area contributed by atoms with E-state index >= 15 is 0 Å². The lowest BCUT2D eigenvalue weighted by Gasteiger charge is -2.46. The zero-order chi connectivity index (χ0) is 10.8. The van der Waals surface area contributed by atoms with Crippen molar-refractivity contribution in [2.45, 2.75) is 39.9 Å². The summed E-state index contributed by atoms with van der Waals surface area (Å²) in [4.78, 5) is 0. The molecule has 0 radical (unpaired) electrons. The smallest absolute Gasteiger partial charge is 0.172 e. The van der Waals surface area contributed by atoms with Crippen LogP contribution in [0, 0.1) is 11.3 Å². The van der Waals surface area contributed by atoms with E-state index in [1.807, 2.05) is 20.8 Å². The monoisotopic (exact) mass is 202 g/mol. The first kappa shape index (κ1) is 12.0. The van der Waals surface area contributed by atoms with Gasteiger partial charge in [0.05, 0.1) is 19.8 Å². The number of hydrogen-bond acceptors (Lipinski definition) is 3. The van der Waals surface area contributed by atoms with E-state index in [-0.39, 0.29) is 12.0 Å². The fraction of sp³-hybridized carbons (Fsp3) is 1.00. The van der Waals surface area contributed by atoms with Gasteiger partial charge < -0.3 is 14.6 Å². The molecule has 1 saturated heterocycles. The van der Waals surface area contributed by atoms with Crippen molar-refractivity contribution in [3.63, 3.8) is 0 Å². The fourth-order valence-electron chi connectivity index (χ4n) is 1.41. The van der Waals surface area contributed by atoms with Gasteiger partial charge in [-0.05, 0) is 13.3 Å². The van der Waals surface area contributed by atoms with Crippen LogP contribution in [0.1, 0.15) is 34.1 Å². The maximum atomic E-state index is 9.27. The molecule has 0 unspecified atom stereocenters. The molecule has 0 amide bonds. The summed E-state index contributed by atoms with van der Waals surface area (Å²) in [6, 6.07) is 0. The van der Waals surface area contributed by atoms with Crippen LogP contribution < -0.4 is 0 Å². The van der Waals surface area contributed by atoms with E-state index in [0.717, 1.165) is 19.6 Å². The lowest BCUT2D eigenvalue weighted by Crippen LogP contribution is -2.53. The molecule has 0 aromatic heterocycles. The molecule has 1 N–H and O–H groups in total. The summed E-state index contributed by atoms with van der Waals surface area (Å²) in [5.41, 5.74) is -0.355. The van der Waals surface area contributed by atoms with Gasteiger partial charge >= 0.3 is 0 Å².